The number of nitrogens with zero attached hydrogens (tertiary/aromatic N) is 12. The van der Waals surface area contributed by atoms with Gasteiger partial charge >= 0.3 is 49.5 Å². The molecule has 138 heavy (non-hydrogen) atoms. The number of rotatable bonds is 14. The standard InChI is InChI=1S/5C16H11N2.C12H10N.C12H11P.C6H6O.C6H6S.CNO.5Ni/c5*1-2-7-13(8-3-1)14-10-6-11-16(18-14)15-9-4-5-12-17-15;2*1-3-7-11(8-4-1)13-12-9-5-2-6-10-12;2*7-6-4-2-1-3-5-6;2-1-3;;;;;/h5*1-7,9-12H;1-10H;1-10,13H;2*1-5,7H;;;;;;/q6*-1;;;;-1;;;3*+2/p-1. The molecule has 0 amide bonds. The number of carbonyl (C=O) groups excluding carboxylic acids is 1. The minimum atomic E-state index is 0. The number of isocyanates is 1. The maximum atomic E-state index is 8.63. The van der Waals surface area contributed by atoms with Gasteiger partial charge < -0.3 is 28.5 Å². The Morgan fingerprint density at radius 3 is 0.609 bits per heavy atom. The van der Waals surface area contributed by atoms with Crippen LogP contribution in [0.4, 0.5) is 11.4 Å². The monoisotopic (exact) mass is 2040 g/mol. The summed E-state index contributed by atoms with van der Waals surface area (Å²) in [6.45, 7) is 0. The second-order valence-corrected chi connectivity index (χ2v) is 29.8. The molecule has 0 saturated heterocycles. The molecule has 0 fully saturated rings. The van der Waals surface area contributed by atoms with Crippen LogP contribution in [0.25, 0.3) is 124 Å². The smallest absolute Gasteiger partial charge is 0.780 e. The molecule has 0 aliphatic rings. The summed E-state index contributed by atoms with van der Waals surface area (Å²) in [5.74, 6) is 0.322. The second-order valence-electron chi connectivity index (χ2n) is 27.9. The van der Waals surface area contributed by atoms with Crippen LogP contribution in [0.2, 0.25) is 0 Å². The van der Waals surface area contributed by atoms with Gasteiger partial charge in [-0.25, -0.2) is 0 Å². The van der Waals surface area contributed by atoms with E-state index in [1.807, 2.05) is 400 Å². The molecule has 0 aliphatic heterocycles. The number of benzene rings is 11. The molecule has 0 bridgehead atoms. The van der Waals surface area contributed by atoms with E-state index in [9.17, 15) is 0 Å². The van der Waals surface area contributed by atoms with Gasteiger partial charge in [0.1, 0.15) is 5.75 Å². The molecule has 0 spiro atoms. The molecule has 0 radical (unpaired) electrons. The average molecular weight is 2050 g/mol. The third-order valence-corrected chi connectivity index (χ3v) is 19.9. The van der Waals surface area contributed by atoms with Crippen LogP contribution in [-0.2, 0) is 99.9 Å². The summed E-state index contributed by atoms with van der Waals surface area (Å²) < 4.78 is 0. The van der Waals surface area contributed by atoms with Crippen molar-refractivity contribution in [3.05, 3.63) is 557 Å². The van der Waals surface area contributed by atoms with E-state index in [-0.39, 0.29) is 82.5 Å². The molecule has 0 atom stereocenters. The van der Waals surface area contributed by atoms with Gasteiger partial charge in [0, 0.05) is 64.0 Å². The number of phenols is 1. The summed E-state index contributed by atoms with van der Waals surface area (Å²) in [5, 5.41) is 22.6. The van der Waals surface area contributed by atoms with Crippen molar-refractivity contribution in [2.45, 2.75) is 4.90 Å². The van der Waals surface area contributed by atoms with Crippen molar-refractivity contribution in [1.82, 2.24) is 49.8 Å². The summed E-state index contributed by atoms with van der Waals surface area (Å²) in [6, 6.07) is 173. The molecule has 14 nitrogen and oxygen atoms in total. The summed E-state index contributed by atoms with van der Waals surface area (Å²) in [7, 11) is 0.777. The topological polar surface area (TPSA) is 203 Å². The molecule has 0 aliphatic carbocycles. The van der Waals surface area contributed by atoms with Crippen LogP contribution in [0, 0.1) is 30.3 Å². The Hall–Kier alpha value is -15.0. The van der Waals surface area contributed by atoms with Crippen molar-refractivity contribution in [2.24, 2.45) is 0 Å². The number of hydrogen-bond acceptors (Lipinski definition) is 13. The Balaban J connectivity index is 0.000000212. The maximum Gasteiger partial charge on any atom is 2.00 e. The molecule has 0 unspecified atom stereocenters. The second kappa shape index (κ2) is 64.8. The first-order chi connectivity index (χ1) is 65.8. The van der Waals surface area contributed by atoms with E-state index < -0.39 is 0 Å². The van der Waals surface area contributed by atoms with Gasteiger partial charge in [-0.05, 0) is 148 Å². The van der Waals surface area contributed by atoms with Gasteiger partial charge in [0.2, 0.25) is 0 Å². The van der Waals surface area contributed by atoms with Crippen molar-refractivity contribution in [2.75, 3.05) is 0 Å². The van der Waals surface area contributed by atoms with Crippen molar-refractivity contribution in [3.63, 3.8) is 0 Å². The molecule has 690 valence electrons. The van der Waals surface area contributed by atoms with E-state index in [0.29, 0.717) is 11.8 Å². The zero-order chi connectivity index (χ0) is 91.8. The molecule has 10 aromatic heterocycles. The number of pyridine rings is 10. The van der Waals surface area contributed by atoms with E-state index >= 15 is 0 Å². The number of phenolic OH excluding ortho intramolecular Hbond substituents is 1. The maximum absolute atomic E-state index is 8.63. The van der Waals surface area contributed by atoms with Gasteiger partial charge in [-0.1, -0.05) is 269 Å². The predicted octanol–water partition coefficient (Wildman–Crippen LogP) is 27.3. The van der Waals surface area contributed by atoms with Crippen LogP contribution in [0.1, 0.15) is 0 Å². The first-order valence-electron chi connectivity index (χ1n) is 42.2. The molecule has 21 heteroatoms. The van der Waals surface area contributed by atoms with Crippen molar-refractivity contribution < 1.29 is 92.4 Å². The van der Waals surface area contributed by atoms with E-state index in [1.54, 1.807) is 55.2 Å². The summed E-state index contributed by atoms with van der Waals surface area (Å²) in [5.41, 5.74) is 20.4. The molecule has 0 saturated carbocycles. The number of hydrogen-bond donors (Lipinski definition) is 1. The van der Waals surface area contributed by atoms with Crippen LogP contribution in [0.15, 0.2) is 521 Å². The van der Waals surface area contributed by atoms with Crippen molar-refractivity contribution in [1.29, 1.82) is 0 Å². The van der Waals surface area contributed by atoms with E-state index in [1.165, 1.54) is 10.6 Å². The molecular weight excluding hydrogens is 1960 g/mol. The third-order valence-electron chi connectivity index (χ3n) is 18.4. The molecule has 21 rings (SSSR count). The molecule has 10 heterocycles. The molecular formula is C117H87N12Ni5O2PS-2. The van der Waals surface area contributed by atoms with Gasteiger partial charge in [-0.3, -0.25) is 54.6 Å². The summed E-state index contributed by atoms with van der Waals surface area (Å²) in [4.78, 5) is 53.8. The molecule has 21 aromatic rings. The number of para-hydroxylation sites is 3. The van der Waals surface area contributed by atoms with Gasteiger partial charge in [0.25, 0.3) is 0 Å². The third kappa shape index (κ3) is 39.1. The van der Waals surface area contributed by atoms with Crippen LogP contribution in [0.3, 0.4) is 0 Å². The fourth-order valence-corrected chi connectivity index (χ4v) is 13.4. The van der Waals surface area contributed by atoms with Crippen LogP contribution in [-0.4, -0.2) is 61.0 Å². The Bertz CT molecular complexity index is 5670. The van der Waals surface area contributed by atoms with Gasteiger partial charge in [0.05, 0.1) is 56.9 Å². The van der Waals surface area contributed by atoms with Gasteiger partial charge in [-0.2, -0.15) is 4.90 Å². The number of aromatic nitrogens is 10. The van der Waals surface area contributed by atoms with E-state index in [4.69, 9.17) is 27.9 Å². The van der Waals surface area contributed by atoms with Gasteiger partial charge in [-0.15, -0.1) is 191 Å². The quantitative estimate of drug-likeness (QED) is 0.0269. The van der Waals surface area contributed by atoms with Crippen LogP contribution in [0.5, 0.6) is 5.75 Å². The largest absolute Gasteiger partial charge is 2.00 e. The number of aromatic hydroxyl groups is 1. The Labute approximate surface area is 865 Å². The van der Waals surface area contributed by atoms with Crippen molar-refractivity contribution in [3.8, 4) is 119 Å². The van der Waals surface area contributed by atoms with E-state index in [2.05, 4.69) is 146 Å². The zero-order valence-corrected chi connectivity index (χ0v) is 80.5. The fraction of sp³-hybridized carbons (Fsp3) is 0. The van der Waals surface area contributed by atoms with Crippen LogP contribution < -0.4 is 10.6 Å². The minimum Gasteiger partial charge on any atom is -0.780 e. The Kier molecular flexibility index (Phi) is 51.7. The van der Waals surface area contributed by atoms with E-state index in [0.717, 1.165) is 138 Å². The first-order valence-corrected chi connectivity index (χ1v) is 43.6. The average Bonchev–Trinajstić information content (AvgIpc) is 0.853. The van der Waals surface area contributed by atoms with Crippen molar-refractivity contribution >= 4 is 49.3 Å². The fourth-order valence-electron chi connectivity index (χ4n) is 12.2. The zero-order valence-electron chi connectivity index (χ0n) is 73.8. The minimum absolute atomic E-state index is 0. The Morgan fingerprint density at radius 2 is 0.428 bits per heavy atom. The Morgan fingerprint density at radius 1 is 0.239 bits per heavy atom. The SMILES string of the molecule is Oc1ccccc1.[N-]=C=O.[Ni+2].[Ni+2].[Ni+2].[Ni].[Ni].[S-]c1ccccc1.[c-]1ccccc1-c1cccc(-c2ccccn2)n1.[c-]1ccccc1-c1cccc(-c2ccccn2)n1.[c-]1ccccc1-c1cccc(-c2ccccn2)n1.[c-]1ccccc1-c1cccc(-c2ccccn2)n1.[c-]1ccccc1-c1cccc(-c2ccccn2)n1.c1ccc(Pc2ccccc2)cc1.c1ccc([N-]c2ccccc2)cc1. The normalized spacial score (nSPS) is 9.42. The predicted molar refractivity (Wildman–Crippen MR) is 544 cm³/mol. The van der Waals surface area contributed by atoms with Gasteiger partial charge in [0.15, 0.2) is 0 Å². The summed E-state index contributed by atoms with van der Waals surface area (Å²) in [6.07, 6.45) is 9.38. The molecule has 1 N–H and O–H groups in total. The first kappa shape index (κ1) is 110. The van der Waals surface area contributed by atoms with Crippen LogP contribution >= 0.6 is 8.58 Å². The molecule has 11 aromatic carbocycles. The summed E-state index contributed by atoms with van der Waals surface area (Å²) >= 11 is 4.81.